The summed E-state index contributed by atoms with van der Waals surface area (Å²) in [5.74, 6) is 1.24. The predicted octanol–water partition coefficient (Wildman–Crippen LogP) is 6.50. The average Bonchev–Trinajstić information content (AvgIpc) is 3.16. The van der Waals surface area contributed by atoms with Crippen LogP contribution in [-0.2, 0) is 10.0 Å². The minimum Gasteiger partial charge on any atom is -0.495 e. The van der Waals surface area contributed by atoms with Gasteiger partial charge >= 0.3 is 5.97 Å². The second-order valence-electron chi connectivity index (χ2n) is 9.35. The summed E-state index contributed by atoms with van der Waals surface area (Å²) in [5.41, 5.74) is 0.258. The lowest BCUT2D eigenvalue weighted by Crippen LogP contribution is -2.20. The van der Waals surface area contributed by atoms with Crippen molar-refractivity contribution in [3.8, 4) is 5.75 Å². The quantitative estimate of drug-likeness (QED) is 0.431. The Labute approximate surface area is 200 Å². The highest BCUT2D eigenvalue weighted by molar-refractivity contribution is 7.94. The van der Waals surface area contributed by atoms with Gasteiger partial charge in [-0.15, -0.1) is 11.3 Å². The molecule has 6 nitrogen and oxygen atoms in total. The number of rotatable bonds is 7. The van der Waals surface area contributed by atoms with E-state index in [0.29, 0.717) is 5.92 Å². The monoisotopic (exact) mass is 491 g/mol. The lowest BCUT2D eigenvalue weighted by atomic mass is 9.73. The Morgan fingerprint density at radius 2 is 1.64 bits per heavy atom. The Morgan fingerprint density at radius 3 is 2.27 bits per heavy atom. The van der Waals surface area contributed by atoms with Gasteiger partial charge in [0, 0.05) is 4.88 Å². The first kappa shape index (κ1) is 24.1. The molecule has 0 atom stereocenters. The molecule has 1 aromatic carbocycles. The molecule has 2 fully saturated rings. The van der Waals surface area contributed by atoms with Crippen LogP contribution in [0.2, 0.25) is 0 Å². The molecule has 0 bridgehead atoms. The van der Waals surface area contributed by atoms with Crippen LogP contribution in [0.1, 0.15) is 85.4 Å². The molecule has 0 unspecified atom stereocenters. The van der Waals surface area contributed by atoms with Crippen LogP contribution in [0.5, 0.6) is 5.75 Å². The molecule has 8 heteroatoms. The number of hydrogen-bond donors (Lipinski definition) is 2. The smallest absolute Gasteiger partial charge is 0.335 e. The summed E-state index contributed by atoms with van der Waals surface area (Å²) < 4.78 is 34.0. The fourth-order valence-corrected chi connectivity index (χ4v) is 8.02. The van der Waals surface area contributed by atoms with E-state index in [2.05, 4.69) is 4.72 Å². The van der Waals surface area contributed by atoms with Gasteiger partial charge in [-0.25, -0.2) is 13.2 Å². The van der Waals surface area contributed by atoms with Crippen molar-refractivity contribution < 1.29 is 23.1 Å². The van der Waals surface area contributed by atoms with E-state index in [4.69, 9.17) is 9.84 Å². The molecule has 2 aromatic rings. The molecule has 0 spiro atoms. The van der Waals surface area contributed by atoms with Crippen LogP contribution in [0.25, 0.3) is 0 Å². The van der Waals surface area contributed by atoms with Gasteiger partial charge in [0.25, 0.3) is 10.0 Å². The number of aromatic carboxylic acids is 1. The zero-order valence-corrected chi connectivity index (χ0v) is 20.7. The van der Waals surface area contributed by atoms with E-state index >= 15 is 0 Å². The Kier molecular flexibility index (Phi) is 7.64. The first-order chi connectivity index (χ1) is 15.9. The first-order valence-corrected chi connectivity index (χ1v) is 14.2. The summed E-state index contributed by atoms with van der Waals surface area (Å²) >= 11 is 1.34. The number of thiophene rings is 1. The van der Waals surface area contributed by atoms with Crippen LogP contribution in [0.3, 0.4) is 0 Å². The molecule has 180 valence electrons. The van der Waals surface area contributed by atoms with Gasteiger partial charge in [-0.1, -0.05) is 38.5 Å². The number of nitrogens with one attached hydrogen (secondary N) is 1. The lowest BCUT2D eigenvalue weighted by Gasteiger charge is -2.33. The summed E-state index contributed by atoms with van der Waals surface area (Å²) in [4.78, 5) is 12.3. The number of anilines is 1. The Morgan fingerprint density at radius 1 is 0.970 bits per heavy atom. The Balaban J connectivity index is 1.41. The third-order valence-electron chi connectivity index (χ3n) is 7.30. The van der Waals surface area contributed by atoms with E-state index in [9.17, 15) is 13.2 Å². The summed E-state index contributed by atoms with van der Waals surface area (Å²) in [7, 11) is -2.41. The number of carbonyl (C=O) groups is 1. The molecule has 2 aliphatic rings. The second-order valence-corrected chi connectivity index (χ2v) is 12.4. The van der Waals surface area contributed by atoms with E-state index < -0.39 is 16.0 Å². The summed E-state index contributed by atoms with van der Waals surface area (Å²) in [6.45, 7) is 0. The normalized spacial score (nSPS) is 22.5. The zero-order valence-electron chi connectivity index (χ0n) is 19.1. The van der Waals surface area contributed by atoms with E-state index in [1.165, 1.54) is 88.0 Å². The van der Waals surface area contributed by atoms with Gasteiger partial charge in [-0.2, -0.15) is 0 Å². The minimum absolute atomic E-state index is 0.0349. The standard InChI is InChI=1S/C25H33NO5S2/c1-31-22-16-20(25(27)28)12-13-21(22)26-33(29,30)24-15-14-23(32-24)19-10-8-18(9-11-19)17-6-4-2-3-5-7-17/h12-19,26H,2-11H2,1H3,(H,27,28). The van der Waals surface area contributed by atoms with Crippen molar-refractivity contribution in [2.24, 2.45) is 11.8 Å². The highest BCUT2D eigenvalue weighted by Crippen LogP contribution is 2.44. The van der Waals surface area contributed by atoms with Gasteiger partial charge in [0.15, 0.2) is 0 Å². The molecule has 0 amide bonds. The molecule has 2 saturated carbocycles. The van der Waals surface area contributed by atoms with Crippen molar-refractivity contribution >= 4 is 33.0 Å². The van der Waals surface area contributed by atoms with Crippen molar-refractivity contribution in [1.29, 1.82) is 0 Å². The number of sulfonamides is 1. The predicted molar refractivity (Wildman–Crippen MR) is 131 cm³/mol. The first-order valence-electron chi connectivity index (χ1n) is 11.9. The molecule has 0 aliphatic heterocycles. The zero-order chi connectivity index (χ0) is 23.4. The molecule has 1 heterocycles. The van der Waals surface area contributed by atoms with Gasteiger partial charge in [0.05, 0.1) is 18.4 Å². The highest BCUT2D eigenvalue weighted by Gasteiger charge is 2.30. The maximum absolute atomic E-state index is 13.0. The third-order valence-corrected chi connectivity index (χ3v) is 10.4. The largest absolute Gasteiger partial charge is 0.495 e. The van der Waals surface area contributed by atoms with E-state index in [1.54, 1.807) is 6.07 Å². The summed E-state index contributed by atoms with van der Waals surface area (Å²) in [6, 6.07) is 7.73. The van der Waals surface area contributed by atoms with Gasteiger partial charge in [-0.3, -0.25) is 4.72 Å². The Hall–Kier alpha value is -2.06. The Bertz CT molecular complexity index is 1060. The second kappa shape index (κ2) is 10.5. The maximum atomic E-state index is 13.0. The van der Waals surface area contributed by atoms with Gasteiger partial charge < -0.3 is 9.84 Å². The lowest BCUT2D eigenvalue weighted by molar-refractivity contribution is 0.0696. The number of methoxy groups -OCH3 is 1. The molecular formula is C25H33NO5S2. The number of benzene rings is 1. The molecule has 2 N–H and O–H groups in total. The van der Waals surface area contributed by atoms with Crippen LogP contribution in [0.15, 0.2) is 34.5 Å². The van der Waals surface area contributed by atoms with Gasteiger partial charge in [-0.05, 0) is 73.8 Å². The highest BCUT2D eigenvalue weighted by atomic mass is 32.2. The van der Waals surface area contributed by atoms with Gasteiger partial charge in [0.1, 0.15) is 9.96 Å². The van der Waals surface area contributed by atoms with Crippen molar-refractivity contribution in [2.75, 3.05) is 11.8 Å². The molecule has 0 saturated heterocycles. The van der Waals surface area contributed by atoms with Crippen LogP contribution < -0.4 is 9.46 Å². The molecular weight excluding hydrogens is 458 g/mol. The topological polar surface area (TPSA) is 92.7 Å². The summed E-state index contributed by atoms with van der Waals surface area (Å²) in [5, 5.41) is 9.14. The van der Waals surface area contributed by atoms with Crippen LogP contribution in [0.4, 0.5) is 5.69 Å². The number of carboxylic acids is 1. The van der Waals surface area contributed by atoms with Crippen LogP contribution >= 0.6 is 11.3 Å². The minimum atomic E-state index is -3.79. The van der Waals surface area contributed by atoms with Crippen molar-refractivity contribution in [3.05, 3.63) is 40.8 Å². The van der Waals surface area contributed by atoms with E-state index in [1.807, 2.05) is 6.07 Å². The molecule has 33 heavy (non-hydrogen) atoms. The summed E-state index contributed by atoms with van der Waals surface area (Å²) in [6.07, 6.45) is 13.1. The van der Waals surface area contributed by atoms with E-state index in [0.717, 1.165) is 29.6 Å². The van der Waals surface area contributed by atoms with Crippen LogP contribution in [0, 0.1) is 11.8 Å². The van der Waals surface area contributed by atoms with Crippen molar-refractivity contribution in [3.63, 3.8) is 0 Å². The van der Waals surface area contributed by atoms with Crippen molar-refractivity contribution in [2.45, 2.75) is 74.3 Å². The number of ether oxygens (including phenoxy) is 1. The third kappa shape index (κ3) is 5.72. The van der Waals surface area contributed by atoms with Crippen molar-refractivity contribution in [1.82, 2.24) is 0 Å². The maximum Gasteiger partial charge on any atom is 0.335 e. The fraction of sp³-hybridized carbons (Fsp3) is 0.560. The van der Waals surface area contributed by atoms with Gasteiger partial charge in [0.2, 0.25) is 0 Å². The molecule has 2 aliphatic carbocycles. The number of carboxylic acid groups (broad SMARTS) is 1. The molecule has 0 radical (unpaired) electrons. The fourth-order valence-electron chi connectivity index (χ4n) is 5.46. The SMILES string of the molecule is COc1cc(C(=O)O)ccc1NS(=O)(=O)c1ccc(C2CCC(C3CCCCCC3)CC2)s1. The number of hydrogen-bond acceptors (Lipinski definition) is 5. The average molecular weight is 492 g/mol. The van der Waals surface area contributed by atoms with Crippen LogP contribution in [-0.4, -0.2) is 26.6 Å². The molecule has 1 aromatic heterocycles. The van der Waals surface area contributed by atoms with E-state index in [-0.39, 0.29) is 21.2 Å². The molecule has 4 rings (SSSR count).